The Morgan fingerprint density at radius 1 is 1.16 bits per heavy atom. The summed E-state index contributed by atoms with van der Waals surface area (Å²) in [4.78, 5) is 17.6. The number of nitrogens with one attached hydrogen (secondary N) is 1. The van der Waals surface area contributed by atoms with Crippen molar-refractivity contribution in [1.82, 2.24) is 9.80 Å². The minimum Gasteiger partial charge on any atom is -0.496 e. The third-order valence-corrected chi connectivity index (χ3v) is 6.07. The van der Waals surface area contributed by atoms with Crippen molar-refractivity contribution in [3.8, 4) is 11.5 Å². The monoisotopic (exact) mass is 439 g/mol. The van der Waals surface area contributed by atoms with Gasteiger partial charge in [0.25, 0.3) is 0 Å². The second-order valence-corrected chi connectivity index (χ2v) is 8.36. The zero-order valence-electron chi connectivity index (χ0n) is 19.7. The largest absolute Gasteiger partial charge is 0.496 e. The molecule has 32 heavy (non-hydrogen) atoms. The highest BCUT2D eigenvalue weighted by Crippen LogP contribution is 2.22. The number of benzene rings is 2. The van der Waals surface area contributed by atoms with Gasteiger partial charge in [-0.2, -0.15) is 0 Å². The van der Waals surface area contributed by atoms with E-state index in [0.29, 0.717) is 25.7 Å². The smallest absolute Gasteiger partial charge is 0.322 e. The molecule has 1 aliphatic heterocycles. The lowest BCUT2D eigenvalue weighted by atomic mass is 10.0. The van der Waals surface area contributed by atoms with Crippen molar-refractivity contribution in [2.45, 2.75) is 52.1 Å². The molecule has 1 unspecified atom stereocenters. The highest BCUT2D eigenvalue weighted by atomic mass is 16.5. The van der Waals surface area contributed by atoms with E-state index in [1.54, 1.807) is 7.11 Å². The SMILES string of the molecule is CCOc1ccc(NC(=O)N(CCCN2CCCCC2C)Cc2ccccc2OC)cc1. The number of carbonyl (C=O) groups is 1. The number of para-hydroxylation sites is 1. The van der Waals surface area contributed by atoms with Crippen molar-refractivity contribution < 1.29 is 14.3 Å². The van der Waals surface area contributed by atoms with E-state index < -0.39 is 0 Å². The summed E-state index contributed by atoms with van der Waals surface area (Å²) < 4.78 is 11.0. The van der Waals surface area contributed by atoms with Crippen LogP contribution in [0.2, 0.25) is 0 Å². The van der Waals surface area contributed by atoms with Crippen LogP contribution >= 0.6 is 0 Å². The number of likely N-dealkylation sites (tertiary alicyclic amines) is 1. The number of hydrogen-bond acceptors (Lipinski definition) is 4. The Morgan fingerprint density at radius 2 is 1.94 bits per heavy atom. The molecule has 1 aliphatic rings. The minimum absolute atomic E-state index is 0.105. The maximum Gasteiger partial charge on any atom is 0.322 e. The number of rotatable bonds is 10. The topological polar surface area (TPSA) is 54.0 Å². The zero-order chi connectivity index (χ0) is 22.8. The van der Waals surface area contributed by atoms with Crippen molar-refractivity contribution in [2.75, 3.05) is 38.7 Å². The van der Waals surface area contributed by atoms with Crippen molar-refractivity contribution >= 4 is 11.7 Å². The number of ether oxygens (including phenoxy) is 2. The predicted octanol–water partition coefficient (Wildman–Crippen LogP) is 5.39. The van der Waals surface area contributed by atoms with E-state index in [1.165, 1.54) is 19.3 Å². The summed E-state index contributed by atoms with van der Waals surface area (Å²) in [5, 5.41) is 3.04. The van der Waals surface area contributed by atoms with E-state index in [0.717, 1.165) is 42.3 Å². The molecule has 2 amide bonds. The first-order valence-corrected chi connectivity index (χ1v) is 11.8. The molecule has 2 aromatic carbocycles. The van der Waals surface area contributed by atoms with E-state index in [-0.39, 0.29) is 6.03 Å². The highest BCUT2D eigenvalue weighted by molar-refractivity contribution is 5.89. The lowest BCUT2D eigenvalue weighted by molar-refractivity contribution is 0.150. The van der Waals surface area contributed by atoms with Crippen molar-refractivity contribution in [2.24, 2.45) is 0 Å². The van der Waals surface area contributed by atoms with Gasteiger partial charge in [0.2, 0.25) is 0 Å². The maximum absolute atomic E-state index is 13.2. The molecule has 0 spiro atoms. The average molecular weight is 440 g/mol. The van der Waals surface area contributed by atoms with Crippen LogP contribution in [0.15, 0.2) is 48.5 Å². The van der Waals surface area contributed by atoms with E-state index >= 15 is 0 Å². The first-order valence-electron chi connectivity index (χ1n) is 11.8. The average Bonchev–Trinajstić information content (AvgIpc) is 2.81. The molecule has 1 N–H and O–H groups in total. The molecule has 2 aromatic rings. The molecule has 1 heterocycles. The standard InChI is InChI=1S/C26H37N3O3/c1-4-32-24-15-13-23(14-16-24)27-26(30)29(20-22-11-5-6-12-25(22)31-3)19-9-18-28-17-8-7-10-21(28)2/h5-6,11-16,21H,4,7-10,17-20H2,1-3H3,(H,27,30). The van der Waals surface area contributed by atoms with Crippen LogP contribution in [0.1, 0.15) is 45.1 Å². The minimum atomic E-state index is -0.105. The second-order valence-electron chi connectivity index (χ2n) is 8.36. The van der Waals surface area contributed by atoms with Gasteiger partial charge in [-0.05, 0) is 70.0 Å². The fourth-order valence-corrected chi connectivity index (χ4v) is 4.25. The first-order chi connectivity index (χ1) is 15.6. The number of amides is 2. The number of carbonyl (C=O) groups excluding carboxylic acids is 1. The molecule has 0 bridgehead atoms. The fraction of sp³-hybridized carbons (Fsp3) is 0.500. The molecule has 3 rings (SSSR count). The van der Waals surface area contributed by atoms with E-state index in [1.807, 2.05) is 60.4 Å². The summed E-state index contributed by atoms with van der Waals surface area (Å²) in [6.07, 6.45) is 4.80. The van der Waals surface area contributed by atoms with E-state index in [4.69, 9.17) is 9.47 Å². The maximum atomic E-state index is 13.2. The molecule has 0 aromatic heterocycles. The lowest BCUT2D eigenvalue weighted by Gasteiger charge is -2.34. The summed E-state index contributed by atoms with van der Waals surface area (Å²) >= 11 is 0. The molecule has 0 aliphatic carbocycles. The number of urea groups is 1. The summed E-state index contributed by atoms with van der Waals surface area (Å²) in [5.41, 5.74) is 1.76. The van der Waals surface area contributed by atoms with E-state index in [2.05, 4.69) is 17.1 Å². The van der Waals surface area contributed by atoms with Crippen LogP contribution in [0.4, 0.5) is 10.5 Å². The molecule has 174 valence electrons. The summed E-state index contributed by atoms with van der Waals surface area (Å²) in [6, 6.07) is 15.9. The molecule has 1 atom stereocenters. The molecular weight excluding hydrogens is 402 g/mol. The Balaban J connectivity index is 1.66. The van der Waals surface area contributed by atoms with Crippen LogP contribution in [-0.2, 0) is 6.54 Å². The second kappa shape index (κ2) is 12.3. The Hall–Kier alpha value is -2.73. The predicted molar refractivity (Wildman–Crippen MR) is 130 cm³/mol. The van der Waals surface area contributed by atoms with Gasteiger partial charge >= 0.3 is 6.03 Å². The van der Waals surface area contributed by atoms with Crippen LogP contribution in [-0.4, -0.2) is 55.2 Å². The van der Waals surface area contributed by atoms with Crippen LogP contribution in [0.3, 0.4) is 0 Å². The molecule has 0 radical (unpaired) electrons. The Labute approximate surface area is 192 Å². The summed E-state index contributed by atoms with van der Waals surface area (Å²) in [5.74, 6) is 1.60. The van der Waals surface area contributed by atoms with Crippen LogP contribution < -0.4 is 14.8 Å². The number of piperidine rings is 1. The third-order valence-electron chi connectivity index (χ3n) is 6.07. The van der Waals surface area contributed by atoms with Crippen molar-refractivity contribution in [3.05, 3.63) is 54.1 Å². The van der Waals surface area contributed by atoms with E-state index in [9.17, 15) is 4.79 Å². The van der Waals surface area contributed by atoms with Crippen molar-refractivity contribution in [3.63, 3.8) is 0 Å². The quantitative estimate of drug-likeness (QED) is 0.539. The lowest BCUT2D eigenvalue weighted by Crippen LogP contribution is -2.40. The van der Waals surface area contributed by atoms with Gasteiger partial charge in [0, 0.05) is 30.4 Å². The number of anilines is 1. The molecular formula is C26H37N3O3. The van der Waals surface area contributed by atoms with Crippen LogP contribution in [0.25, 0.3) is 0 Å². The Bertz CT molecular complexity index is 840. The number of hydrogen-bond donors (Lipinski definition) is 1. The van der Waals surface area contributed by atoms with Gasteiger partial charge in [-0.25, -0.2) is 4.79 Å². The van der Waals surface area contributed by atoms with Gasteiger partial charge in [-0.3, -0.25) is 0 Å². The fourth-order valence-electron chi connectivity index (χ4n) is 4.25. The summed E-state index contributed by atoms with van der Waals surface area (Å²) in [6.45, 7) is 8.24. The Morgan fingerprint density at radius 3 is 2.66 bits per heavy atom. The van der Waals surface area contributed by atoms with Gasteiger partial charge in [-0.1, -0.05) is 24.6 Å². The normalized spacial score (nSPS) is 16.4. The number of methoxy groups -OCH3 is 1. The van der Waals surface area contributed by atoms with Gasteiger partial charge in [0.15, 0.2) is 0 Å². The third kappa shape index (κ3) is 6.89. The molecule has 1 saturated heterocycles. The van der Waals surface area contributed by atoms with Gasteiger partial charge < -0.3 is 24.6 Å². The molecule has 0 saturated carbocycles. The van der Waals surface area contributed by atoms with Gasteiger partial charge in [0.1, 0.15) is 11.5 Å². The summed E-state index contributed by atoms with van der Waals surface area (Å²) in [7, 11) is 1.67. The van der Waals surface area contributed by atoms with Crippen LogP contribution in [0, 0.1) is 0 Å². The number of nitrogens with zero attached hydrogens (tertiary/aromatic N) is 2. The first kappa shape index (κ1) is 23.9. The van der Waals surface area contributed by atoms with Gasteiger partial charge in [0.05, 0.1) is 20.3 Å². The van der Waals surface area contributed by atoms with Crippen LogP contribution in [0.5, 0.6) is 11.5 Å². The Kier molecular flexibility index (Phi) is 9.23. The molecule has 6 heteroatoms. The van der Waals surface area contributed by atoms with Crippen molar-refractivity contribution in [1.29, 1.82) is 0 Å². The zero-order valence-corrected chi connectivity index (χ0v) is 19.7. The molecule has 1 fully saturated rings. The highest BCUT2D eigenvalue weighted by Gasteiger charge is 2.20. The molecule has 6 nitrogen and oxygen atoms in total. The van der Waals surface area contributed by atoms with Gasteiger partial charge in [-0.15, -0.1) is 0 Å².